The summed E-state index contributed by atoms with van der Waals surface area (Å²) in [5.74, 6) is 0.904. The number of hydrogen-bond donors (Lipinski definition) is 0. The lowest BCUT2D eigenvalue weighted by molar-refractivity contribution is -0.136. The van der Waals surface area contributed by atoms with Gasteiger partial charge in [-0.3, -0.25) is 4.79 Å². The number of carbonyl (C=O) groups excluding carboxylic acids is 1. The van der Waals surface area contributed by atoms with Crippen LogP contribution in [-0.2, 0) is 9.53 Å². The Hall–Kier alpha value is -0.570. The summed E-state index contributed by atoms with van der Waals surface area (Å²) in [5, 5.41) is 0. The first-order valence-electron chi connectivity index (χ1n) is 5.50. The highest BCUT2D eigenvalue weighted by Crippen LogP contribution is 2.15. The van der Waals surface area contributed by atoms with Crippen molar-refractivity contribution in [2.45, 2.75) is 33.6 Å². The summed E-state index contributed by atoms with van der Waals surface area (Å²) < 4.78 is 4.79. The molecule has 1 fully saturated rings. The molecule has 1 aliphatic heterocycles. The van der Waals surface area contributed by atoms with Crippen molar-refractivity contribution in [3.63, 3.8) is 0 Å². The van der Waals surface area contributed by atoms with Crippen LogP contribution in [0, 0.1) is 5.92 Å². The van der Waals surface area contributed by atoms with Crippen LogP contribution < -0.4 is 0 Å². The molecule has 0 unspecified atom stereocenters. The number of amides is 1. The van der Waals surface area contributed by atoms with E-state index in [1.165, 1.54) is 0 Å². The van der Waals surface area contributed by atoms with E-state index >= 15 is 0 Å². The number of rotatable bonds is 2. The Morgan fingerprint density at radius 2 is 1.86 bits per heavy atom. The molecule has 0 aromatic rings. The number of hydrogen-bond acceptors (Lipinski definition) is 2. The van der Waals surface area contributed by atoms with E-state index in [2.05, 4.69) is 6.92 Å². The lowest BCUT2D eigenvalue weighted by Crippen LogP contribution is -2.39. The number of piperidine rings is 1. The van der Waals surface area contributed by atoms with Crippen molar-refractivity contribution in [1.29, 1.82) is 0 Å². The van der Waals surface area contributed by atoms with E-state index in [0.29, 0.717) is 0 Å². The van der Waals surface area contributed by atoms with Gasteiger partial charge in [0, 0.05) is 20.2 Å². The van der Waals surface area contributed by atoms with Crippen LogP contribution in [0.25, 0.3) is 0 Å². The second kappa shape index (κ2) is 7.80. The summed E-state index contributed by atoms with van der Waals surface area (Å²) in [7, 11) is 1.56. The quantitative estimate of drug-likeness (QED) is 0.683. The Labute approximate surface area is 87.4 Å². The van der Waals surface area contributed by atoms with Gasteiger partial charge in [-0.15, -0.1) is 0 Å². The van der Waals surface area contributed by atoms with Gasteiger partial charge in [-0.05, 0) is 18.8 Å². The molecule has 0 aliphatic carbocycles. The molecule has 1 heterocycles. The average molecular weight is 201 g/mol. The van der Waals surface area contributed by atoms with Crippen LogP contribution in [0.2, 0.25) is 0 Å². The highest BCUT2D eigenvalue weighted by atomic mass is 16.5. The van der Waals surface area contributed by atoms with Gasteiger partial charge >= 0.3 is 0 Å². The molecule has 0 N–H and O–H groups in total. The molecular formula is C11H23NO2. The van der Waals surface area contributed by atoms with Gasteiger partial charge in [0.15, 0.2) is 0 Å². The average Bonchev–Trinajstić information content (AvgIpc) is 2.22. The van der Waals surface area contributed by atoms with Crippen molar-refractivity contribution in [2.24, 2.45) is 5.92 Å². The van der Waals surface area contributed by atoms with Crippen LogP contribution in [0.5, 0.6) is 0 Å². The summed E-state index contributed by atoms with van der Waals surface area (Å²) in [6.45, 7) is 8.28. The van der Waals surface area contributed by atoms with Crippen molar-refractivity contribution in [3.05, 3.63) is 0 Å². The van der Waals surface area contributed by atoms with Crippen LogP contribution in [-0.4, -0.2) is 37.6 Å². The van der Waals surface area contributed by atoms with Crippen molar-refractivity contribution >= 4 is 5.91 Å². The van der Waals surface area contributed by atoms with Crippen LogP contribution in [0.15, 0.2) is 0 Å². The summed E-state index contributed by atoms with van der Waals surface area (Å²) in [6, 6.07) is 0. The zero-order valence-corrected chi connectivity index (χ0v) is 9.88. The summed E-state index contributed by atoms with van der Waals surface area (Å²) >= 11 is 0. The van der Waals surface area contributed by atoms with Crippen molar-refractivity contribution in [1.82, 2.24) is 4.90 Å². The fourth-order valence-electron chi connectivity index (χ4n) is 1.47. The van der Waals surface area contributed by atoms with Gasteiger partial charge in [-0.1, -0.05) is 20.8 Å². The van der Waals surface area contributed by atoms with Crippen LogP contribution >= 0.6 is 0 Å². The van der Waals surface area contributed by atoms with Gasteiger partial charge in [-0.2, -0.15) is 0 Å². The number of methoxy groups -OCH3 is 1. The van der Waals surface area contributed by atoms with E-state index in [1.807, 2.05) is 18.7 Å². The molecule has 0 spiro atoms. The molecule has 0 aromatic carbocycles. The van der Waals surface area contributed by atoms with Gasteiger partial charge in [-0.25, -0.2) is 0 Å². The molecule has 1 aliphatic rings. The van der Waals surface area contributed by atoms with Gasteiger partial charge in [0.1, 0.15) is 6.61 Å². The molecule has 0 radical (unpaired) electrons. The molecule has 0 atom stereocenters. The predicted octanol–water partition coefficient (Wildman–Crippen LogP) is 1.92. The third kappa shape index (κ3) is 4.61. The van der Waals surface area contributed by atoms with Crippen molar-refractivity contribution in [2.75, 3.05) is 26.8 Å². The normalized spacial score (nSPS) is 17.3. The third-order valence-electron chi connectivity index (χ3n) is 2.40. The molecular weight excluding hydrogens is 178 g/mol. The van der Waals surface area contributed by atoms with Crippen LogP contribution in [0.4, 0.5) is 0 Å². The van der Waals surface area contributed by atoms with Gasteiger partial charge in [0.25, 0.3) is 0 Å². The molecule has 1 saturated heterocycles. The highest BCUT2D eigenvalue weighted by molar-refractivity contribution is 5.77. The zero-order chi connectivity index (χ0) is 11.0. The summed E-state index contributed by atoms with van der Waals surface area (Å²) in [6.07, 6.45) is 2.27. The SMILES string of the molecule is CC.COCC(=O)N1CCC(C)CC1. The van der Waals surface area contributed by atoms with E-state index in [-0.39, 0.29) is 12.5 Å². The Bertz CT molecular complexity index is 151. The molecule has 14 heavy (non-hydrogen) atoms. The van der Waals surface area contributed by atoms with E-state index in [4.69, 9.17) is 4.74 Å². The molecule has 0 saturated carbocycles. The smallest absolute Gasteiger partial charge is 0.248 e. The number of ether oxygens (including phenoxy) is 1. The van der Waals surface area contributed by atoms with Gasteiger partial charge < -0.3 is 9.64 Å². The summed E-state index contributed by atoms with van der Waals surface area (Å²) in [4.78, 5) is 13.2. The minimum atomic E-state index is 0.129. The third-order valence-corrected chi connectivity index (χ3v) is 2.40. The largest absolute Gasteiger partial charge is 0.375 e. The lowest BCUT2D eigenvalue weighted by atomic mass is 9.99. The monoisotopic (exact) mass is 201 g/mol. The zero-order valence-electron chi connectivity index (χ0n) is 9.88. The van der Waals surface area contributed by atoms with E-state index < -0.39 is 0 Å². The first-order chi connectivity index (χ1) is 6.74. The molecule has 0 bridgehead atoms. The Morgan fingerprint density at radius 3 is 2.29 bits per heavy atom. The van der Waals surface area contributed by atoms with Crippen LogP contribution in [0.1, 0.15) is 33.6 Å². The number of likely N-dealkylation sites (tertiary alicyclic amines) is 1. The Kier molecular flexibility index (Phi) is 7.48. The fraction of sp³-hybridized carbons (Fsp3) is 0.909. The first-order valence-corrected chi connectivity index (χ1v) is 5.50. The van der Waals surface area contributed by atoms with E-state index in [9.17, 15) is 4.79 Å². The van der Waals surface area contributed by atoms with Gasteiger partial charge in [0.05, 0.1) is 0 Å². The molecule has 3 heteroatoms. The van der Waals surface area contributed by atoms with E-state index in [1.54, 1.807) is 7.11 Å². The topological polar surface area (TPSA) is 29.5 Å². The second-order valence-corrected chi connectivity index (χ2v) is 3.50. The lowest BCUT2D eigenvalue weighted by Gasteiger charge is -2.30. The molecule has 0 aromatic heterocycles. The van der Waals surface area contributed by atoms with Crippen molar-refractivity contribution in [3.8, 4) is 0 Å². The fourth-order valence-corrected chi connectivity index (χ4v) is 1.47. The maximum atomic E-state index is 11.3. The van der Waals surface area contributed by atoms with Crippen molar-refractivity contribution < 1.29 is 9.53 Å². The first kappa shape index (κ1) is 13.4. The minimum Gasteiger partial charge on any atom is -0.375 e. The maximum absolute atomic E-state index is 11.3. The highest BCUT2D eigenvalue weighted by Gasteiger charge is 2.19. The number of nitrogens with zero attached hydrogens (tertiary/aromatic N) is 1. The maximum Gasteiger partial charge on any atom is 0.248 e. The standard InChI is InChI=1S/C9H17NO2.C2H6/c1-8-3-5-10(6-4-8)9(11)7-12-2;1-2/h8H,3-7H2,1-2H3;1-2H3. The summed E-state index contributed by atoms with van der Waals surface area (Å²) in [5.41, 5.74) is 0. The molecule has 84 valence electrons. The van der Waals surface area contributed by atoms with E-state index in [0.717, 1.165) is 31.8 Å². The van der Waals surface area contributed by atoms with Crippen LogP contribution in [0.3, 0.4) is 0 Å². The van der Waals surface area contributed by atoms with Gasteiger partial charge in [0.2, 0.25) is 5.91 Å². The minimum absolute atomic E-state index is 0.129. The second-order valence-electron chi connectivity index (χ2n) is 3.50. The molecule has 3 nitrogen and oxygen atoms in total. The Balaban J connectivity index is 0.000000791. The molecule has 1 rings (SSSR count). The molecule has 1 amide bonds. The Morgan fingerprint density at radius 1 is 1.36 bits per heavy atom. The number of carbonyl (C=O) groups is 1. The predicted molar refractivity (Wildman–Crippen MR) is 58.2 cm³/mol.